The third-order valence-electron chi connectivity index (χ3n) is 3.74. The molecule has 2 aliphatic rings. The van der Waals surface area contributed by atoms with Crippen molar-refractivity contribution in [1.82, 2.24) is 4.90 Å². The number of carbonyl (C=O) groups excluding carboxylic acids is 2. The number of amides is 1. The molecule has 2 unspecified atom stereocenters. The minimum Gasteiger partial charge on any atom is -0.468 e. The molecular formula is C12H20N2O3. The minimum atomic E-state index is -0.320. The first kappa shape index (κ1) is 12.4. The molecule has 1 saturated heterocycles. The average Bonchev–Trinajstić information content (AvgIpc) is 3.14. The fraction of sp³-hybridized carbons (Fsp3) is 0.833. The van der Waals surface area contributed by atoms with E-state index in [1.807, 2.05) is 4.90 Å². The van der Waals surface area contributed by atoms with Gasteiger partial charge in [0.25, 0.3) is 0 Å². The number of hydrogen-bond donors (Lipinski definition) is 1. The maximum absolute atomic E-state index is 11.8. The second-order valence-corrected chi connectivity index (χ2v) is 4.96. The molecule has 0 aromatic heterocycles. The quantitative estimate of drug-likeness (QED) is 0.716. The molecule has 0 aromatic carbocycles. The van der Waals surface area contributed by atoms with Crippen molar-refractivity contribution in [2.24, 2.45) is 11.7 Å². The summed E-state index contributed by atoms with van der Waals surface area (Å²) in [6.07, 6.45) is 4.87. The van der Waals surface area contributed by atoms with E-state index in [2.05, 4.69) is 0 Å². The Morgan fingerprint density at radius 2 is 2.00 bits per heavy atom. The van der Waals surface area contributed by atoms with E-state index in [4.69, 9.17) is 10.5 Å². The van der Waals surface area contributed by atoms with E-state index in [1.54, 1.807) is 0 Å². The smallest absolute Gasteiger partial charge is 0.323 e. The number of esters is 1. The summed E-state index contributed by atoms with van der Waals surface area (Å²) in [6, 6.07) is -0.564. The monoisotopic (exact) mass is 240 g/mol. The molecule has 2 fully saturated rings. The van der Waals surface area contributed by atoms with E-state index in [9.17, 15) is 9.59 Å². The summed E-state index contributed by atoms with van der Waals surface area (Å²) in [4.78, 5) is 25.3. The summed E-state index contributed by atoms with van der Waals surface area (Å²) in [5.74, 6) is -0.192. The van der Waals surface area contributed by atoms with Gasteiger partial charge >= 0.3 is 5.97 Å². The highest BCUT2D eigenvalue weighted by molar-refractivity contribution is 5.82. The first-order valence-electron chi connectivity index (χ1n) is 6.28. The summed E-state index contributed by atoms with van der Waals surface area (Å²) in [7, 11) is 1.40. The van der Waals surface area contributed by atoms with Gasteiger partial charge in [0.05, 0.1) is 13.2 Å². The predicted molar refractivity (Wildman–Crippen MR) is 62.1 cm³/mol. The van der Waals surface area contributed by atoms with Crippen LogP contribution in [0.25, 0.3) is 0 Å². The lowest BCUT2D eigenvalue weighted by atomic mass is 9.97. The standard InChI is InChI=1S/C12H20N2O3/c1-17-12(16)10(8-5-6-8)14-7-3-2-4-9(14)11(13)15/h8-10H,2-7H2,1H3,(H2,13,15). The Hall–Kier alpha value is -1.10. The summed E-state index contributed by atoms with van der Waals surface area (Å²) in [5.41, 5.74) is 5.42. The Balaban J connectivity index is 2.14. The third kappa shape index (κ3) is 2.60. The van der Waals surface area contributed by atoms with Gasteiger partial charge in [0.1, 0.15) is 6.04 Å². The van der Waals surface area contributed by atoms with Crippen LogP contribution in [0.5, 0.6) is 0 Å². The van der Waals surface area contributed by atoms with Crippen LogP contribution >= 0.6 is 0 Å². The molecule has 1 aliphatic carbocycles. The Morgan fingerprint density at radius 3 is 2.53 bits per heavy atom. The van der Waals surface area contributed by atoms with Gasteiger partial charge < -0.3 is 10.5 Å². The van der Waals surface area contributed by atoms with Gasteiger partial charge in [-0.05, 0) is 38.1 Å². The van der Waals surface area contributed by atoms with Gasteiger partial charge in [-0.15, -0.1) is 0 Å². The normalized spacial score (nSPS) is 27.5. The highest BCUT2D eigenvalue weighted by Crippen LogP contribution is 2.38. The number of carbonyl (C=O) groups is 2. The van der Waals surface area contributed by atoms with Crippen LogP contribution in [0.2, 0.25) is 0 Å². The van der Waals surface area contributed by atoms with Crippen molar-refractivity contribution in [3.05, 3.63) is 0 Å². The molecule has 0 bridgehead atoms. The van der Waals surface area contributed by atoms with Crippen molar-refractivity contribution in [2.75, 3.05) is 13.7 Å². The van der Waals surface area contributed by atoms with Crippen molar-refractivity contribution in [3.63, 3.8) is 0 Å². The number of rotatable bonds is 4. The van der Waals surface area contributed by atoms with Gasteiger partial charge in [0.15, 0.2) is 0 Å². The molecule has 0 spiro atoms. The molecular weight excluding hydrogens is 220 g/mol. The van der Waals surface area contributed by atoms with Crippen LogP contribution in [0.3, 0.4) is 0 Å². The highest BCUT2D eigenvalue weighted by Gasteiger charge is 2.45. The Labute approximate surface area is 101 Å². The van der Waals surface area contributed by atoms with E-state index < -0.39 is 0 Å². The lowest BCUT2D eigenvalue weighted by Gasteiger charge is -2.38. The number of ether oxygens (including phenoxy) is 1. The molecule has 1 heterocycles. The number of likely N-dealkylation sites (tertiary alicyclic amines) is 1. The van der Waals surface area contributed by atoms with Crippen molar-refractivity contribution < 1.29 is 14.3 Å². The van der Waals surface area contributed by atoms with Crippen LogP contribution in [-0.4, -0.2) is 42.5 Å². The fourth-order valence-electron chi connectivity index (χ4n) is 2.72. The van der Waals surface area contributed by atoms with Crippen LogP contribution in [-0.2, 0) is 14.3 Å². The number of nitrogens with two attached hydrogens (primary N) is 1. The van der Waals surface area contributed by atoms with Gasteiger partial charge in [-0.25, -0.2) is 0 Å². The number of piperidine rings is 1. The molecule has 2 atom stereocenters. The minimum absolute atomic E-state index is 0.222. The molecule has 5 nitrogen and oxygen atoms in total. The summed E-state index contributed by atoms with van der Waals surface area (Å²) >= 11 is 0. The summed E-state index contributed by atoms with van der Waals surface area (Å²) in [6.45, 7) is 0.768. The Morgan fingerprint density at radius 1 is 1.29 bits per heavy atom. The molecule has 0 radical (unpaired) electrons. The summed E-state index contributed by atoms with van der Waals surface area (Å²) in [5, 5.41) is 0. The van der Waals surface area contributed by atoms with Crippen LogP contribution in [0.4, 0.5) is 0 Å². The van der Waals surface area contributed by atoms with Crippen LogP contribution in [0.15, 0.2) is 0 Å². The number of hydrogen-bond acceptors (Lipinski definition) is 4. The fourth-order valence-corrected chi connectivity index (χ4v) is 2.72. The predicted octanol–water partition coefficient (Wildman–Crippen LogP) is 0.278. The largest absolute Gasteiger partial charge is 0.468 e. The van der Waals surface area contributed by atoms with E-state index in [0.717, 1.165) is 38.6 Å². The molecule has 1 saturated carbocycles. The first-order valence-corrected chi connectivity index (χ1v) is 6.28. The second kappa shape index (κ2) is 5.04. The number of primary amides is 1. The lowest BCUT2D eigenvalue weighted by Crippen LogP contribution is -2.55. The summed E-state index contributed by atoms with van der Waals surface area (Å²) < 4.78 is 4.86. The van der Waals surface area contributed by atoms with E-state index >= 15 is 0 Å². The molecule has 2 N–H and O–H groups in total. The topological polar surface area (TPSA) is 72.6 Å². The van der Waals surface area contributed by atoms with Gasteiger partial charge in [-0.2, -0.15) is 0 Å². The lowest BCUT2D eigenvalue weighted by molar-refractivity contribution is -0.150. The van der Waals surface area contributed by atoms with Crippen molar-refractivity contribution in [1.29, 1.82) is 0 Å². The SMILES string of the molecule is COC(=O)C(C1CC1)N1CCCCC1C(N)=O. The van der Waals surface area contributed by atoms with E-state index in [-0.39, 0.29) is 24.0 Å². The maximum atomic E-state index is 11.8. The molecule has 1 amide bonds. The van der Waals surface area contributed by atoms with Crippen LogP contribution in [0, 0.1) is 5.92 Å². The molecule has 1 aliphatic heterocycles. The maximum Gasteiger partial charge on any atom is 0.323 e. The Kier molecular flexibility index (Phi) is 3.66. The van der Waals surface area contributed by atoms with Gasteiger partial charge in [-0.3, -0.25) is 14.5 Å². The molecule has 2 rings (SSSR count). The molecule has 17 heavy (non-hydrogen) atoms. The van der Waals surface area contributed by atoms with Crippen molar-refractivity contribution >= 4 is 11.9 Å². The highest BCUT2D eigenvalue weighted by atomic mass is 16.5. The molecule has 96 valence electrons. The van der Waals surface area contributed by atoms with E-state index in [0.29, 0.717) is 5.92 Å². The van der Waals surface area contributed by atoms with Gasteiger partial charge in [-0.1, -0.05) is 6.42 Å². The van der Waals surface area contributed by atoms with Crippen LogP contribution in [0.1, 0.15) is 32.1 Å². The average molecular weight is 240 g/mol. The second-order valence-electron chi connectivity index (χ2n) is 4.96. The number of methoxy groups -OCH3 is 1. The molecule has 0 aromatic rings. The van der Waals surface area contributed by atoms with Crippen molar-refractivity contribution in [3.8, 4) is 0 Å². The zero-order valence-electron chi connectivity index (χ0n) is 10.2. The zero-order chi connectivity index (χ0) is 12.4. The van der Waals surface area contributed by atoms with Crippen LogP contribution < -0.4 is 5.73 Å². The van der Waals surface area contributed by atoms with Crippen molar-refractivity contribution in [2.45, 2.75) is 44.2 Å². The number of nitrogens with zero attached hydrogens (tertiary/aromatic N) is 1. The van der Waals surface area contributed by atoms with Gasteiger partial charge in [0.2, 0.25) is 5.91 Å². The molecule has 5 heteroatoms. The van der Waals surface area contributed by atoms with E-state index in [1.165, 1.54) is 7.11 Å². The Bertz CT molecular complexity index is 315. The zero-order valence-corrected chi connectivity index (χ0v) is 10.2. The third-order valence-corrected chi connectivity index (χ3v) is 3.74. The first-order chi connectivity index (χ1) is 8.15. The van der Waals surface area contributed by atoms with Gasteiger partial charge in [0, 0.05) is 0 Å².